The monoisotopic (exact) mass is 292 g/mol. The molecule has 0 saturated carbocycles. The van der Waals surface area contributed by atoms with Crippen molar-refractivity contribution in [2.75, 3.05) is 0 Å². The molecule has 1 aromatic heterocycles. The van der Waals surface area contributed by atoms with Crippen LogP contribution in [0.25, 0.3) is 11.6 Å². The first-order chi connectivity index (χ1) is 10.6. The predicted octanol–water partition coefficient (Wildman–Crippen LogP) is 3.42. The minimum absolute atomic E-state index is 0.228. The van der Waals surface area contributed by atoms with Crippen molar-refractivity contribution in [3.63, 3.8) is 0 Å². The van der Waals surface area contributed by atoms with E-state index in [1.165, 1.54) is 0 Å². The van der Waals surface area contributed by atoms with E-state index in [1.807, 2.05) is 48.2 Å². The van der Waals surface area contributed by atoms with Gasteiger partial charge in [-0.1, -0.05) is 24.3 Å². The molecular weight excluding hydrogens is 276 g/mol. The lowest BCUT2D eigenvalue weighted by molar-refractivity contribution is 0.475. The average Bonchev–Trinajstić information content (AvgIpc) is 2.92. The maximum Gasteiger partial charge on any atom is 0.132 e. The second-order valence-corrected chi connectivity index (χ2v) is 5.05. The van der Waals surface area contributed by atoms with Crippen molar-refractivity contribution in [2.45, 2.75) is 0 Å². The third-order valence-electron chi connectivity index (χ3n) is 3.49. The van der Waals surface area contributed by atoms with Gasteiger partial charge in [0.05, 0.1) is 0 Å². The molecule has 0 amide bonds. The summed E-state index contributed by atoms with van der Waals surface area (Å²) in [4.78, 5) is 4.33. The van der Waals surface area contributed by atoms with Gasteiger partial charge in [0.2, 0.25) is 0 Å². The largest absolute Gasteiger partial charge is 0.508 e. The first kappa shape index (κ1) is 13.9. The van der Waals surface area contributed by atoms with Gasteiger partial charge in [-0.25, -0.2) is 4.98 Å². The lowest BCUT2D eigenvalue weighted by Gasteiger charge is -2.09. The van der Waals surface area contributed by atoms with E-state index in [0.29, 0.717) is 0 Å². The summed E-state index contributed by atoms with van der Waals surface area (Å²) in [6.07, 6.45) is 5.62. The fourth-order valence-electron chi connectivity index (χ4n) is 2.26. The van der Waals surface area contributed by atoms with E-state index in [-0.39, 0.29) is 11.5 Å². The molecule has 0 spiro atoms. The van der Waals surface area contributed by atoms with Gasteiger partial charge in [0, 0.05) is 19.4 Å². The lowest BCUT2D eigenvalue weighted by Crippen LogP contribution is -1.93. The van der Waals surface area contributed by atoms with Gasteiger partial charge in [0.15, 0.2) is 0 Å². The third kappa shape index (κ3) is 2.86. The van der Waals surface area contributed by atoms with Gasteiger partial charge < -0.3 is 14.8 Å². The van der Waals surface area contributed by atoms with Crippen LogP contribution >= 0.6 is 0 Å². The van der Waals surface area contributed by atoms with Gasteiger partial charge in [-0.05, 0) is 47.0 Å². The zero-order valence-electron chi connectivity index (χ0n) is 12.1. The van der Waals surface area contributed by atoms with Gasteiger partial charge in [0.1, 0.15) is 17.3 Å². The number of aromatic hydroxyl groups is 2. The summed E-state index contributed by atoms with van der Waals surface area (Å²) in [6, 6.07) is 14.1. The number of aromatic nitrogens is 2. The zero-order valence-corrected chi connectivity index (χ0v) is 12.1. The molecule has 2 N–H and O–H groups in total. The van der Waals surface area contributed by atoms with Crippen LogP contribution in [0.3, 0.4) is 0 Å². The number of benzene rings is 2. The molecule has 22 heavy (non-hydrogen) atoms. The second-order valence-electron chi connectivity index (χ2n) is 5.05. The summed E-state index contributed by atoms with van der Waals surface area (Å²) in [5, 5.41) is 19.0. The zero-order chi connectivity index (χ0) is 15.5. The molecule has 0 radical (unpaired) electrons. The molecule has 0 atom stereocenters. The Kier molecular flexibility index (Phi) is 3.66. The number of rotatable bonds is 3. The van der Waals surface area contributed by atoms with Crippen LogP contribution in [0.1, 0.15) is 17.0 Å². The highest BCUT2D eigenvalue weighted by Gasteiger charge is 2.08. The quantitative estimate of drug-likeness (QED) is 0.777. The normalized spacial score (nSPS) is 10.4. The highest BCUT2D eigenvalue weighted by Crippen LogP contribution is 2.28. The van der Waals surface area contributed by atoms with Crippen LogP contribution in [0.4, 0.5) is 0 Å². The van der Waals surface area contributed by atoms with E-state index < -0.39 is 0 Å². The van der Waals surface area contributed by atoms with E-state index >= 15 is 0 Å². The topological polar surface area (TPSA) is 58.3 Å². The van der Waals surface area contributed by atoms with Gasteiger partial charge in [-0.15, -0.1) is 0 Å². The van der Waals surface area contributed by atoms with E-state index in [9.17, 15) is 10.2 Å². The standard InChI is InChI=1S/C18H16N2O2/c1-20-11-10-19-18(20)12-17(13-2-6-15(21)7-3-13)14-4-8-16(22)9-5-14/h2-12,21-22H,1H3. The number of aryl methyl sites for hydroxylation is 1. The predicted molar refractivity (Wildman–Crippen MR) is 86.4 cm³/mol. The minimum Gasteiger partial charge on any atom is -0.508 e. The molecule has 4 nitrogen and oxygen atoms in total. The molecule has 0 unspecified atom stereocenters. The maximum absolute atomic E-state index is 9.48. The molecule has 110 valence electrons. The first-order valence-electron chi connectivity index (χ1n) is 6.91. The minimum atomic E-state index is 0.228. The molecule has 4 heteroatoms. The number of phenolic OH excluding ortho intramolecular Hbond substituents is 2. The van der Waals surface area contributed by atoms with Crippen LogP contribution in [0, 0.1) is 0 Å². The molecule has 0 aliphatic heterocycles. The summed E-state index contributed by atoms with van der Waals surface area (Å²) in [5.74, 6) is 1.28. The Hall–Kier alpha value is -3.01. The van der Waals surface area contributed by atoms with Crippen molar-refractivity contribution in [3.05, 3.63) is 77.9 Å². The Bertz CT molecular complexity index is 752. The Balaban J connectivity index is 2.13. The van der Waals surface area contributed by atoms with Gasteiger partial charge >= 0.3 is 0 Å². The molecule has 0 aliphatic rings. The Morgan fingerprint density at radius 3 is 1.82 bits per heavy atom. The third-order valence-corrected chi connectivity index (χ3v) is 3.49. The smallest absolute Gasteiger partial charge is 0.132 e. The van der Waals surface area contributed by atoms with E-state index in [2.05, 4.69) is 4.98 Å². The van der Waals surface area contributed by atoms with E-state index in [0.717, 1.165) is 22.5 Å². The van der Waals surface area contributed by atoms with Crippen LogP contribution in [0.2, 0.25) is 0 Å². The molecule has 0 bridgehead atoms. The average molecular weight is 292 g/mol. The maximum atomic E-state index is 9.48. The highest BCUT2D eigenvalue weighted by atomic mass is 16.3. The summed E-state index contributed by atoms with van der Waals surface area (Å²) >= 11 is 0. The van der Waals surface area contributed by atoms with Crippen LogP contribution in [-0.2, 0) is 7.05 Å². The number of hydrogen-bond acceptors (Lipinski definition) is 3. The van der Waals surface area contributed by atoms with Crippen molar-refractivity contribution in [3.8, 4) is 11.5 Å². The van der Waals surface area contributed by atoms with Crippen molar-refractivity contribution in [2.24, 2.45) is 7.05 Å². The van der Waals surface area contributed by atoms with E-state index in [4.69, 9.17) is 0 Å². The molecule has 0 saturated heterocycles. The molecule has 1 heterocycles. The number of imidazole rings is 1. The number of phenols is 2. The second kappa shape index (κ2) is 5.77. The molecular formula is C18H16N2O2. The SMILES string of the molecule is Cn1ccnc1C=C(c1ccc(O)cc1)c1ccc(O)cc1. The van der Waals surface area contributed by atoms with Crippen molar-refractivity contribution >= 4 is 11.6 Å². The van der Waals surface area contributed by atoms with Gasteiger partial charge in [0.25, 0.3) is 0 Å². The van der Waals surface area contributed by atoms with Gasteiger partial charge in [-0.3, -0.25) is 0 Å². The van der Waals surface area contributed by atoms with Gasteiger partial charge in [-0.2, -0.15) is 0 Å². The van der Waals surface area contributed by atoms with E-state index in [1.54, 1.807) is 30.5 Å². The fourth-order valence-corrected chi connectivity index (χ4v) is 2.26. The molecule has 0 fully saturated rings. The molecule has 3 rings (SSSR count). The summed E-state index contributed by atoms with van der Waals surface area (Å²) < 4.78 is 1.93. The van der Waals surface area contributed by atoms with Crippen LogP contribution < -0.4 is 0 Å². The summed E-state index contributed by atoms with van der Waals surface area (Å²) in [7, 11) is 1.93. The Morgan fingerprint density at radius 2 is 1.41 bits per heavy atom. The number of hydrogen-bond donors (Lipinski definition) is 2. The number of nitrogens with zero attached hydrogens (tertiary/aromatic N) is 2. The van der Waals surface area contributed by atoms with Crippen molar-refractivity contribution in [1.29, 1.82) is 0 Å². The van der Waals surface area contributed by atoms with Crippen LogP contribution in [0.15, 0.2) is 60.9 Å². The molecule has 2 aromatic carbocycles. The summed E-state index contributed by atoms with van der Waals surface area (Å²) in [6.45, 7) is 0. The van der Waals surface area contributed by atoms with Crippen molar-refractivity contribution < 1.29 is 10.2 Å². The molecule has 3 aromatic rings. The van der Waals surface area contributed by atoms with Crippen molar-refractivity contribution in [1.82, 2.24) is 9.55 Å². The van der Waals surface area contributed by atoms with Crippen LogP contribution in [0.5, 0.6) is 11.5 Å². The fraction of sp³-hybridized carbons (Fsp3) is 0.0556. The molecule has 0 aliphatic carbocycles. The first-order valence-corrected chi connectivity index (χ1v) is 6.91. The lowest BCUT2D eigenvalue weighted by atomic mass is 9.97. The highest BCUT2D eigenvalue weighted by molar-refractivity contribution is 5.90. The van der Waals surface area contributed by atoms with Crippen LogP contribution in [-0.4, -0.2) is 19.8 Å². The Morgan fingerprint density at radius 1 is 0.909 bits per heavy atom. The Labute approximate surface area is 128 Å². The summed E-state index contributed by atoms with van der Waals surface area (Å²) in [5.41, 5.74) is 2.90.